The lowest BCUT2D eigenvalue weighted by Gasteiger charge is -2.21. The van der Waals surface area contributed by atoms with E-state index >= 15 is 0 Å². The summed E-state index contributed by atoms with van der Waals surface area (Å²) in [6, 6.07) is 0. The summed E-state index contributed by atoms with van der Waals surface area (Å²) >= 11 is 0. The Morgan fingerprint density at radius 3 is 2.46 bits per heavy atom. The fourth-order valence-electron chi connectivity index (χ4n) is 0.712. The zero-order chi connectivity index (χ0) is 9.61. The van der Waals surface area contributed by atoms with Crippen LogP contribution in [-0.4, -0.2) is 31.8 Å². The number of carbonyl (C=O) groups excluding carboxylic acids is 1. The van der Waals surface area contributed by atoms with Crippen LogP contribution < -0.4 is 5.73 Å². The minimum atomic E-state index is -0.925. The maximum Gasteiger partial charge on any atom is 0.325 e. The van der Waals surface area contributed by atoms with Crippen LogP contribution in [0.4, 0.5) is 0 Å². The predicted molar refractivity (Wildman–Crippen MR) is 53.0 cm³/mol. The molecule has 0 saturated carbocycles. The molecule has 1 atom stereocenters. The molecule has 0 saturated heterocycles. The van der Waals surface area contributed by atoms with Crippen molar-refractivity contribution in [1.82, 2.24) is 0 Å². The Hall–Kier alpha value is -0.320. The standard InChI is InChI=1S/C8H17NO3.ClH/c1-4-12-7(10)8(2,9)5-6-11-3;/h4-6,9H2,1-3H3;1H. The number of esters is 1. The van der Waals surface area contributed by atoms with E-state index in [9.17, 15) is 4.79 Å². The van der Waals surface area contributed by atoms with E-state index in [2.05, 4.69) is 0 Å². The third kappa shape index (κ3) is 5.85. The van der Waals surface area contributed by atoms with E-state index in [0.717, 1.165) is 0 Å². The smallest absolute Gasteiger partial charge is 0.325 e. The average molecular weight is 212 g/mol. The van der Waals surface area contributed by atoms with Crippen LogP contribution in [0.3, 0.4) is 0 Å². The van der Waals surface area contributed by atoms with E-state index in [4.69, 9.17) is 15.2 Å². The maximum absolute atomic E-state index is 11.2. The number of methoxy groups -OCH3 is 1. The molecule has 0 aromatic rings. The van der Waals surface area contributed by atoms with Crippen LogP contribution in [0.5, 0.6) is 0 Å². The zero-order valence-electron chi connectivity index (χ0n) is 8.33. The summed E-state index contributed by atoms with van der Waals surface area (Å²) in [5, 5.41) is 0. The van der Waals surface area contributed by atoms with Gasteiger partial charge in [0, 0.05) is 13.7 Å². The molecular formula is C8H18ClNO3. The van der Waals surface area contributed by atoms with E-state index in [0.29, 0.717) is 19.6 Å². The van der Waals surface area contributed by atoms with Crippen LogP contribution >= 0.6 is 12.4 Å². The third-order valence-corrected chi connectivity index (χ3v) is 1.57. The molecule has 0 aliphatic rings. The molecule has 0 aromatic carbocycles. The molecular weight excluding hydrogens is 194 g/mol. The summed E-state index contributed by atoms with van der Waals surface area (Å²) in [7, 11) is 1.57. The second kappa shape index (κ2) is 7.12. The first-order valence-electron chi connectivity index (χ1n) is 3.99. The van der Waals surface area contributed by atoms with Gasteiger partial charge in [-0.15, -0.1) is 12.4 Å². The Bertz CT molecular complexity index is 150. The lowest BCUT2D eigenvalue weighted by Crippen LogP contribution is -2.46. The quantitative estimate of drug-likeness (QED) is 0.681. The third-order valence-electron chi connectivity index (χ3n) is 1.57. The minimum Gasteiger partial charge on any atom is -0.465 e. The molecule has 0 aromatic heterocycles. The molecule has 0 amide bonds. The molecule has 0 rings (SSSR count). The zero-order valence-corrected chi connectivity index (χ0v) is 9.15. The van der Waals surface area contributed by atoms with E-state index in [1.807, 2.05) is 0 Å². The van der Waals surface area contributed by atoms with Crippen molar-refractivity contribution in [3.05, 3.63) is 0 Å². The molecule has 13 heavy (non-hydrogen) atoms. The summed E-state index contributed by atoms with van der Waals surface area (Å²) in [6.07, 6.45) is 0.475. The van der Waals surface area contributed by atoms with Crippen molar-refractivity contribution in [1.29, 1.82) is 0 Å². The first-order valence-corrected chi connectivity index (χ1v) is 3.99. The van der Waals surface area contributed by atoms with E-state index < -0.39 is 5.54 Å². The summed E-state index contributed by atoms with van der Waals surface area (Å²) in [4.78, 5) is 11.2. The highest BCUT2D eigenvalue weighted by atomic mass is 35.5. The van der Waals surface area contributed by atoms with Gasteiger partial charge in [0.15, 0.2) is 0 Å². The van der Waals surface area contributed by atoms with Crippen molar-refractivity contribution >= 4 is 18.4 Å². The molecule has 0 aliphatic carbocycles. The van der Waals surface area contributed by atoms with Gasteiger partial charge in [0.05, 0.1) is 6.61 Å². The van der Waals surface area contributed by atoms with Crippen LogP contribution in [0, 0.1) is 0 Å². The largest absolute Gasteiger partial charge is 0.465 e. The number of carbonyl (C=O) groups is 1. The van der Waals surface area contributed by atoms with Crippen molar-refractivity contribution in [3.8, 4) is 0 Å². The van der Waals surface area contributed by atoms with Gasteiger partial charge >= 0.3 is 5.97 Å². The fourth-order valence-corrected chi connectivity index (χ4v) is 0.712. The molecule has 4 nitrogen and oxygen atoms in total. The number of ether oxygens (including phenoxy) is 2. The van der Waals surface area contributed by atoms with Gasteiger partial charge in [0.1, 0.15) is 5.54 Å². The fraction of sp³-hybridized carbons (Fsp3) is 0.875. The number of halogens is 1. The van der Waals surface area contributed by atoms with Crippen LogP contribution in [0.25, 0.3) is 0 Å². The van der Waals surface area contributed by atoms with Crippen LogP contribution in [-0.2, 0) is 14.3 Å². The molecule has 80 valence electrons. The highest BCUT2D eigenvalue weighted by Crippen LogP contribution is 2.07. The molecule has 5 heteroatoms. The predicted octanol–water partition coefficient (Wildman–Crippen LogP) is 0.725. The Morgan fingerprint density at radius 2 is 2.08 bits per heavy atom. The van der Waals surface area contributed by atoms with Crippen molar-refractivity contribution < 1.29 is 14.3 Å². The van der Waals surface area contributed by atoms with Crippen molar-refractivity contribution in [2.45, 2.75) is 25.8 Å². The minimum absolute atomic E-state index is 0. The van der Waals surface area contributed by atoms with Crippen LogP contribution in [0.1, 0.15) is 20.3 Å². The van der Waals surface area contributed by atoms with Gasteiger partial charge < -0.3 is 15.2 Å². The monoisotopic (exact) mass is 211 g/mol. The molecule has 0 fully saturated rings. The second-order valence-electron chi connectivity index (χ2n) is 2.88. The van der Waals surface area contributed by atoms with Crippen LogP contribution in [0.15, 0.2) is 0 Å². The molecule has 0 bridgehead atoms. The first-order chi connectivity index (χ1) is 5.54. The van der Waals surface area contributed by atoms with Crippen molar-refractivity contribution in [2.24, 2.45) is 5.73 Å². The second-order valence-corrected chi connectivity index (χ2v) is 2.88. The maximum atomic E-state index is 11.2. The van der Waals surface area contributed by atoms with Gasteiger partial charge in [-0.2, -0.15) is 0 Å². The van der Waals surface area contributed by atoms with Gasteiger partial charge in [-0.3, -0.25) is 4.79 Å². The lowest BCUT2D eigenvalue weighted by atomic mass is 10.0. The van der Waals surface area contributed by atoms with Gasteiger partial charge in [-0.1, -0.05) is 0 Å². The summed E-state index contributed by atoms with van der Waals surface area (Å²) in [6.45, 7) is 4.22. The lowest BCUT2D eigenvalue weighted by molar-refractivity contribution is -0.149. The number of hydrogen-bond acceptors (Lipinski definition) is 4. The SMILES string of the molecule is CCOC(=O)C(C)(N)CCOC.Cl. The summed E-state index contributed by atoms with van der Waals surface area (Å²) in [5.74, 6) is -0.373. The van der Waals surface area contributed by atoms with E-state index in [1.165, 1.54) is 0 Å². The Labute approximate surface area is 85.2 Å². The topological polar surface area (TPSA) is 61.5 Å². The summed E-state index contributed by atoms with van der Waals surface area (Å²) < 4.78 is 9.60. The van der Waals surface area contributed by atoms with E-state index in [1.54, 1.807) is 21.0 Å². The molecule has 0 radical (unpaired) electrons. The highest BCUT2D eigenvalue weighted by Gasteiger charge is 2.29. The first kappa shape index (κ1) is 15.2. The molecule has 0 aliphatic heterocycles. The van der Waals surface area contributed by atoms with Crippen molar-refractivity contribution in [3.63, 3.8) is 0 Å². The summed E-state index contributed by atoms with van der Waals surface area (Å²) in [5.41, 5.74) is 4.75. The molecule has 1 unspecified atom stereocenters. The van der Waals surface area contributed by atoms with Gasteiger partial charge in [0.2, 0.25) is 0 Å². The molecule has 0 heterocycles. The number of hydrogen-bond donors (Lipinski definition) is 1. The van der Waals surface area contributed by atoms with Gasteiger partial charge in [0.25, 0.3) is 0 Å². The van der Waals surface area contributed by atoms with E-state index in [-0.39, 0.29) is 18.4 Å². The van der Waals surface area contributed by atoms with Gasteiger partial charge in [-0.05, 0) is 20.3 Å². The highest BCUT2D eigenvalue weighted by molar-refractivity contribution is 5.85. The average Bonchev–Trinajstić information content (AvgIpc) is 2.01. The Kier molecular flexibility index (Phi) is 8.30. The van der Waals surface area contributed by atoms with Crippen LogP contribution in [0.2, 0.25) is 0 Å². The molecule has 0 spiro atoms. The van der Waals surface area contributed by atoms with Gasteiger partial charge in [-0.25, -0.2) is 0 Å². The Morgan fingerprint density at radius 1 is 1.54 bits per heavy atom. The molecule has 2 N–H and O–H groups in total. The van der Waals surface area contributed by atoms with Crippen molar-refractivity contribution in [2.75, 3.05) is 20.3 Å². The normalized spacial score (nSPS) is 14.2. The number of rotatable bonds is 5. The Balaban J connectivity index is 0. The number of nitrogens with two attached hydrogens (primary N) is 1.